The van der Waals surface area contributed by atoms with Crippen LogP contribution in [0, 0.1) is 18.3 Å². The lowest BCUT2D eigenvalue weighted by Crippen LogP contribution is -2.53. The number of amides is 2. The number of hydrogen-bond donors (Lipinski definition) is 2. The van der Waals surface area contributed by atoms with Crippen LogP contribution in [0.15, 0.2) is 18.3 Å². The summed E-state index contributed by atoms with van der Waals surface area (Å²) in [6, 6.07) is 3.75. The zero-order valence-corrected chi connectivity index (χ0v) is 18.7. The molecule has 9 heteroatoms. The second-order valence-electron chi connectivity index (χ2n) is 7.74. The molecule has 2 aliphatic heterocycles. The molecule has 0 atom stereocenters. The average Bonchev–Trinajstić information content (AvgIpc) is 2.70. The van der Waals surface area contributed by atoms with Crippen LogP contribution in [0.1, 0.15) is 31.2 Å². The highest BCUT2D eigenvalue weighted by Crippen LogP contribution is 2.33. The van der Waals surface area contributed by atoms with Gasteiger partial charge < -0.3 is 20.3 Å². The van der Waals surface area contributed by atoms with Crippen molar-refractivity contribution < 1.29 is 14.3 Å². The monoisotopic (exact) mass is 446 g/mol. The van der Waals surface area contributed by atoms with Crippen LogP contribution in [0.3, 0.4) is 0 Å². The van der Waals surface area contributed by atoms with Crippen molar-refractivity contribution >= 4 is 42.4 Å². The first-order chi connectivity index (χ1) is 13.0. The summed E-state index contributed by atoms with van der Waals surface area (Å²) in [4.78, 5) is 31.8. The zero-order valence-electron chi connectivity index (χ0n) is 17.1. The summed E-state index contributed by atoms with van der Waals surface area (Å²) in [6.45, 7) is 5.36. The van der Waals surface area contributed by atoms with E-state index in [0.717, 1.165) is 31.5 Å². The summed E-state index contributed by atoms with van der Waals surface area (Å²) in [6.07, 6.45) is 4.72. The summed E-state index contributed by atoms with van der Waals surface area (Å²) in [5.74, 6) is 0.679. The lowest BCUT2D eigenvalue weighted by atomic mass is 9.77. The van der Waals surface area contributed by atoms with Crippen LogP contribution in [-0.4, -0.2) is 61.6 Å². The molecule has 0 radical (unpaired) electrons. The topological polar surface area (TPSA) is 83.6 Å². The van der Waals surface area contributed by atoms with Gasteiger partial charge in [-0.3, -0.25) is 9.59 Å². The lowest BCUT2D eigenvalue weighted by molar-refractivity contribution is -0.149. The second kappa shape index (κ2) is 11.7. The van der Waals surface area contributed by atoms with Crippen molar-refractivity contribution in [1.82, 2.24) is 15.2 Å². The molecular weight excluding hydrogens is 415 g/mol. The standard InChI is InChI=1S/C20H30N4O3.2ClH/c1-15-3-4-17(22-13-15)23-18(25)16-5-11-24(12-6-16)19(26)20(14-27-2)7-9-21-10-8-20;;/h3-4,13,16,21H,5-12,14H2,1-2H3,(H,22,23,25);2*1H. The minimum absolute atomic E-state index is 0. The van der Waals surface area contributed by atoms with Crippen molar-refractivity contribution in [2.45, 2.75) is 32.6 Å². The molecule has 29 heavy (non-hydrogen) atoms. The van der Waals surface area contributed by atoms with Gasteiger partial charge in [-0.05, 0) is 57.3 Å². The van der Waals surface area contributed by atoms with Crippen molar-refractivity contribution in [2.24, 2.45) is 11.3 Å². The quantitative estimate of drug-likeness (QED) is 0.725. The normalized spacial score (nSPS) is 18.9. The van der Waals surface area contributed by atoms with E-state index in [-0.39, 0.29) is 42.5 Å². The van der Waals surface area contributed by atoms with Gasteiger partial charge in [0.1, 0.15) is 5.82 Å². The molecule has 2 amide bonds. The maximum atomic E-state index is 13.2. The number of rotatable bonds is 5. The van der Waals surface area contributed by atoms with Gasteiger partial charge in [0.15, 0.2) is 0 Å². The molecule has 0 unspecified atom stereocenters. The Morgan fingerprint density at radius 1 is 1.24 bits per heavy atom. The number of nitrogens with one attached hydrogen (secondary N) is 2. The zero-order chi connectivity index (χ0) is 19.3. The van der Waals surface area contributed by atoms with Crippen LogP contribution in [0.25, 0.3) is 0 Å². The molecule has 0 saturated carbocycles. The van der Waals surface area contributed by atoms with Crippen LogP contribution in [0.2, 0.25) is 0 Å². The van der Waals surface area contributed by atoms with E-state index in [0.29, 0.717) is 38.4 Å². The number of likely N-dealkylation sites (tertiary alicyclic amines) is 1. The Hall–Kier alpha value is -1.41. The summed E-state index contributed by atoms with van der Waals surface area (Å²) in [5, 5.41) is 6.21. The molecule has 3 rings (SSSR count). The van der Waals surface area contributed by atoms with E-state index in [4.69, 9.17) is 4.74 Å². The Kier molecular flexibility index (Phi) is 10.3. The molecular formula is C20H32Cl2N4O3. The summed E-state index contributed by atoms with van der Waals surface area (Å²) < 4.78 is 5.38. The number of aromatic nitrogens is 1. The van der Waals surface area contributed by atoms with Gasteiger partial charge in [-0.25, -0.2) is 4.98 Å². The highest BCUT2D eigenvalue weighted by atomic mass is 35.5. The van der Waals surface area contributed by atoms with E-state index >= 15 is 0 Å². The number of aryl methyl sites for hydroxylation is 1. The number of carbonyl (C=O) groups excluding carboxylic acids is 2. The summed E-state index contributed by atoms with van der Waals surface area (Å²) >= 11 is 0. The van der Waals surface area contributed by atoms with Gasteiger partial charge >= 0.3 is 0 Å². The molecule has 3 heterocycles. The Labute approximate surface area is 185 Å². The van der Waals surface area contributed by atoms with Crippen LogP contribution in [-0.2, 0) is 14.3 Å². The Morgan fingerprint density at radius 2 is 1.90 bits per heavy atom. The van der Waals surface area contributed by atoms with Gasteiger partial charge in [-0.2, -0.15) is 0 Å². The lowest BCUT2D eigenvalue weighted by Gasteiger charge is -2.41. The largest absolute Gasteiger partial charge is 0.384 e. The van der Waals surface area contributed by atoms with Gasteiger partial charge in [-0.15, -0.1) is 24.8 Å². The second-order valence-corrected chi connectivity index (χ2v) is 7.74. The third-order valence-electron chi connectivity index (χ3n) is 5.75. The highest BCUT2D eigenvalue weighted by molar-refractivity contribution is 5.92. The Balaban J connectivity index is 0.00000210. The molecule has 0 aromatic carbocycles. The number of halogens is 2. The maximum absolute atomic E-state index is 13.2. The summed E-state index contributed by atoms with van der Waals surface area (Å²) in [7, 11) is 1.66. The highest BCUT2D eigenvalue weighted by Gasteiger charge is 2.43. The van der Waals surface area contributed by atoms with Gasteiger partial charge in [0.25, 0.3) is 0 Å². The molecule has 2 aliphatic rings. The van der Waals surface area contributed by atoms with E-state index in [1.54, 1.807) is 13.3 Å². The Morgan fingerprint density at radius 3 is 2.45 bits per heavy atom. The third kappa shape index (κ3) is 6.28. The number of anilines is 1. The fourth-order valence-electron chi connectivity index (χ4n) is 4.05. The Bertz CT molecular complexity index is 653. The third-order valence-corrected chi connectivity index (χ3v) is 5.75. The van der Waals surface area contributed by atoms with Gasteiger partial charge in [0.05, 0.1) is 12.0 Å². The van der Waals surface area contributed by atoms with Crippen molar-refractivity contribution in [1.29, 1.82) is 0 Å². The van der Waals surface area contributed by atoms with Crippen molar-refractivity contribution in [2.75, 3.05) is 45.2 Å². The minimum Gasteiger partial charge on any atom is -0.384 e. The fraction of sp³-hybridized carbons (Fsp3) is 0.650. The van der Waals surface area contributed by atoms with Gasteiger partial charge in [0.2, 0.25) is 11.8 Å². The first-order valence-corrected chi connectivity index (χ1v) is 9.77. The van der Waals surface area contributed by atoms with Crippen LogP contribution in [0.4, 0.5) is 5.82 Å². The van der Waals surface area contributed by atoms with Crippen molar-refractivity contribution in [3.8, 4) is 0 Å². The molecule has 0 spiro atoms. The van der Waals surface area contributed by atoms with Crippen LogP contribution in [0.5, 0.6) is 0 Å². The minimum atomic E-state index is -0.416. The molecule has 2 saturated heterocycles. The first kappa shape index (κ1) is 25.6. The number of methoxy groups -OCH3 is 1. The smallest absolute Gasteiger partial charge is 0.231 e. The van der Waals surface area contributed by atoms with E-state index in [1.165, 1.54) is 0 Å². The molecule has 1 aromatic heterocycles. The van der Waals surface area contributed by atoms with Gasteiger partial charge in [-0.1, -0.05) is 6.07 Å². The molecule has 2 fully saturated rings. The van der Waals surface area contributed by atoms with Crippen molar-refractivity contribution in [3.05, 3.63) is 23.9 Å². The van der Waals surface area contributed by atoms with Gasteiger partial charge in [0, 0.05) is 32.3 Å². The van der Waals surface area contributed by atoms with Crippen LogP contribution >= 0.6 is 24.8 Å². The van der Waals surface area contributed by atoms with E-state index in [1.807, 2.05) is 24.0 Å². The molecule has 2 N–H and O–H groups in total. The molecule has 0 bridgehead atoms. The van der Waals surface area contributed by atoms with E-state index in [2.05, 4.69) is 15.6 Å². The van der Waals surface area contributed by atoms with Crippen molar-refractivity contribution in [3.63, 3.8) is 0 Å². The number of pyridine rings is 1. The molecule has 1 aromatic rings. The molecule has 0 aliphatic carbocycles. The predicted molar refractivity (Wildman–Crippen MR) is 118 cm³/mol. The molecule has 7 nitrogen and oxygen atoms in total. The number of piperidine rings is 2. The predicted octanol–water partition coefficient (Wildman–Crippen LogP) is 2.43. The number of nitrogens with zero attached hydrogens (tertiary/aromatic N) is 2. The average molecular weight is 447 g/mol. The number of carbonyl (C=O) groups is 2. The number of hydrogen-bond acceptors (Lipinski definition) is 5. The SMILES string of the molecule is COCC1(C(=O)N2CCC(C(=O)Nc3ccc(C)cn3)CC2)CCNCC1.Cl.Cl. The fourth-order valence-corrected chi connectivity index (χ4v) is 4.05. The molecule has 164 valence electrons. The van der Waals surface area contributed by atoms with Crippen LogP contribution < -0.4 is 10.6 Å². The summed E-state index contributed by atoms with van der Waals surface area (Å²) in [5.41, 5.74) is 0.642. The van der Waals surface area contributed by atoms with E-state index < -0.39 is 5.41 Å². The number of ether oxygens (including phenoxy) is 1. The maximum Gasteiger partial charge on any atom is 0.231 e. The van der Waals surface area contributed by atoms with E-state index in [9.17, 15) is 9.59 Å². The first-order valence-electron chi connectivity index (χ1n) is 9.77.